The number of hydroxylamine groups is 2. The molecule has 0 aliphatic carbocycles. The molecular weight excluding hydrogens is 363 g/mol. The Labute approximate surface area is 142 Å². The van der Waals surface area contributed by atoms with Crippen LogP contribution < -0.4 is 5.73 Å². The molecule has 0 spiro atoms. The van der Waals surface area contributed by atoms with Crippen LogP contribution in [0.15, 0.2) is 6.20 Å². The Morgan fingerprint density at radius 1 is 1.62 bits per heavy atom. The molecule has 24 heavy (non-hydrogen) atoms. The van der Waals surface area contributed by atoms with E-state index in [0.717, 1.165) is 9.94 Å². The number of aromatic nitrogens is 1. The summed E-state index contributed by atoms with van der Waals surface area (Å²) in [5.74, 6) is -1.59. The highest BCUT2D eigenvalue weighted by Gasteiger charge is 2.48. The molecule has 2 aliphatic rings. The fourth-order valence-corrected chi connectivity index (χ4v) is 5.25. The van der Waals surface area contributed by atoms with E-state index in [0.29, 0.717) is 18.0 Å². The number of nitrogens with two attached hydrogens (primary N) is 1. The normalized spacial score (nSPS) is 25.8. The summed E-state index contributed by atoms with van der Waals surface area (Å²) in [6.07, 6.45) is -0.152. The number of hydrogen-bond acceptors (Lipinski definition) is 7. The third-order valence-electron chi connectivity index (χ3n) is 3.83. The van der Waals surface area contributed by atoms with Crippen LogP contribution in [-0.4, -0.2) is 60.6 Å². The van der Waals surface area contributed by atoms with Crippen LogP contribution in [0.1, 0.15) is 17.7 Å². The Hall–Kier alpha value is -1.79. The molecule has 3 N–H and O–H groups in total. The quantitative estimate of drug-likeness (QED) is 0.738. The molecule has 2 amide bonds. The van der Waals surface area contributed by atoms with E-state index in [4.69, 9.17) is 10.8 Å². The number of aliphatic carboxylic acids is 1. The number of anilines is 1. The summed E-state index contributed by atoms with van der Waals surface area (Å²) in [6.45, 7) is 0.229. The first-order chi connectivity index (χ1) is 11.4. The first-order valence-corrected chi connectivity index (χ1v) is 9.27. The van der Waals surface area contributed by atoms with E-state index in [1.807, 2.05) is 0 Å². The summed E-state index contributed by atoms with van der Waals surface area (Å²) in [4.78, 5) is 33.5. The molecule has 1 aromatic heterocycles. The number of amides is 2. The largest absolute Gasteiger partial charge is 0.477 e. The molecule has 2 bridgehead atoms. The van der Waals surface area contributed by atoms with Crippen LogP contribution in [-0.2, 0) is 26.2 Å². The van der Waals surface area contributed by atoms with Gasteiger partial charge in [0.2, 0.25) is 0 Å². The number of carbonyl (C=O) groups excluding carboxylic acids is 1. The minimum Gasteiger partial charge on any atom is -0.477 e. The van der Waals surface area contributed by atoms with Gasteiger partial charge >= 0.3 is 18.4 Å². The van der Waals surface area contributed by atoms with Gasteiger partial charge in [-0.05, 0) is 12.8 Å². The van der Waals surface area contributed by atoms with Gasteiger partial charge in [-0.3, -0.25) is 4.21 Å². The Morgan fingerprint density at radius 2 is 2.38 bits per heavy atom. The van der Waals surface area contributed by atoms with Crippen molar-refractivity contribution in [2.45, 2.75) is 36.4 Å². The lowest BCUT2D eigenvalue weighted by molar-refractivity contribution is -0.223. The zero-order valence-corrected chi connectivity index (χ0v) is 14.0. The summed E-state index contributed by atoms with van der Waals surface area (Å²) in [5, 5.41) is 9.16. The summed E-state index contributed by atoms with van der Waals surface area (Å²) >= 11 is 1.23. The third-order valence-corrected chi connectivity index (χ3v) is 6.53. The Morgan fingerprint density at radius 3 is 3.00 bits per heavy atom. The molecule has 3 rings (SSSR count). The molecule has 0 saturated carbocycles. The molecule has 0 unspecified atom stereocenters. The number of fused-ring (bicyclic) bond motifs is 2. The minimum atomic E-state index is -2.61. The fraction of sp³-hybridized carbons (Fsp3) is 0.583. The lowest BCUT2D eigenvalue weighted by Gasteiger charge is -2.29. The number of halogens is 1. The van der Waals surface area contributed by atoms with Crippen molar-refractivity contribution in [3.8, 4) is 0 Å². The van der Waals surface area contributed by atoms with Crippen molar-refractivity contribution in [2.75, 3.05) is 12.3 Å². The third kappa shape index (κ3) is 3.21. The van der Waals surface area contributed by atoms with E-state index in [1.54, 1.807) is 6.20 Å². The molecule has 9 nitrogen and oxygen atoms in total. The number of hydrogen-bond donors (Lipinski definition) is 2. The Balaban J connectivity index is 1.67. The number of alkyl halides is 1. The number of piperidine rings is 1. The molecular formula is C12H15FN4O5S2. The van der Waals surface area contributed by atoms with Gasteiger partial charge in [0, 0.05) is 28.4 Å². The number of nitrogen functional groups attached to an aromatic ring is 1. The number of nitrogens with zero attached hydrogens (tertiary/aromatic N) is 3. The second-order valence-corrected chi connectivity index (χ2v) is 8.14. The standard InChI is InChI=1S/C12H15FN4O5S2/c13-9(10(18)19)22-17-6-1-2-8(16(4-6)12(17)20)24(21)5-7-3-15-11(14)23-7/h3,6,8-9H,1-2,4-5H2,(H2,14,15)(H,18,19)/t6-,8-,9+,24-/m1/s1. The highest BCUT2D eigenvalue weighted by Crippen LogP contribution is 2.33. The van der Waals surface area contributed by atoms with Crippen molar-refractivity contribution in [3.63, 3.8) is 0 Å². The number of thiazole rings is 1. The van der Waals surface area contributed by atoms with Gasteiger partial charge in [-0.2, -0.15) is 5.06 Å². The predicted octanol–water partition coefficient (Wildman–Crippen LogP) is 0.512. The first kappa shape index (κ1) is 17.0. The fourth-order valence-electron chi connectivity index (χ4n) is 2.78. The van der Waals surface area contributed by atoms with Crippen molar-refractivity contribution < 1.29 is 28.1 Å². The van der Waals surface area contributed by atoms with Crippen LogP contribution in [0, 0.1) is 0 Å². The monoisotopic (exact) mass is 378 g/mol. The SMILES string of the molecule is Nc1ncc(C[S@@](=O)[C@@H]2CC[C@@H]3CN2C(=O)N3O[C@H](F)C(=O)O)s1. The number of rotatable bonds is 6. The van der Waals surface area contributed by atoms with Gasteiger partial charge in [0.15, 0.2) is 5.13 Å². The Kier molecular flexibility index (Phi) is 4.69. The lowest BCUT2D eigenvalue weighted by Crippen LogP contribution is -2.43. The summed E-state index contributed by atoms with van der Waals surface area (Å²) in [7, 11) is -1.38. The number of carboxylic acids is 1. The first-order valence-electron chi connectivity index (χ1n) is 7.07. The molecule has 2 fully saturated rings. The van der Waals surface area contributed by atoms with Gasteiger partial charge in [-0.25, -0.2) is 23.8 Å². The predicted molar refractivity (Wildman–Crippen MR) is 82.7 cm³/mol. The smallest absolute Gasteiger partial charge is 0.368 e. The molecule has 0 aromatic carbocycles. The summed E-state index contributed by atoms with van der Waals surface area (Å²) in [5.41, 5.74) is 5.54. The summed E-state index contributed by atoms with van der Waals surface area (Å²) in [6, 6.07) is -1.11. The number of urea groups is 1. The highest BCUT2D eigenvalue weighted by molar-refractivity contribution is 7.85. The summed E-state index contributed by atoms with van der Waals surface area (Å²) < 4.78 is 25.8. The molecule has 132 valence electrons. The molecule has 2 saturated heterocycles. The zero-order valence-electron chi connectivity index (χ0n) is 12.3. The van der Waals surface area contributed by atoms with Gasteiger partial charge < -0.3 is 15.7 Å². The molecule has 2 aliphatic heterocycles. The van der Waals surface area contributed by atoms with Crippen LogP contribution in [0.4, 0.5) is 14.3 Å². The van der Waals surface area contributed by atoms with Crippen LogP contribution in [0.5, 0.6) is 0 Å². The molecule has 4 atom stereocenters. The average molecular weight is 378 g/mol. The maximum Gasteiger partial charge on any atom is 0.368 e. The number of carbonyl (C=O) groups is 2. The van der Waals surface area contributed by atoms with Gasteiger partial charge in [0.05, 0.1) is 11.8 Å². The highest BCUT2D eigenvalue weighted by atomic mass is 32.2. The second-order valence-electron chi connectivity index (χ2n) is 5.40. The van der Waals surface area contributed by atoms with Crippen LogP contribution in [0.2, 0.25) is 0 Å². The molecule has 1 aromatic rings. The van der Waals surface area contributed by atoms with Crippen molar-refractivity contribution in [2.24, 2.45) is 0 Å². The van der Waals surface area contributed by atoms with E-state index in [9.17, 15) is 18.2 Å². The van der Waals surface area contributed by atoms with Crippen LogP contribution in [0.25, 0.3) is 0 Å². The maximum absolute atomic E-state index is 13.2. The minimum absolute atomic E-state index is 0.218. The van der Waals surface area contributed by atoms with E-state index < -0.39 is 40.6 Å². The van der Waals surface area contributed by atoms with E-state index in [1.165, 1.54) is 16.2 Å². The van der Waals surface area contributed by atoms with Gasteiger partial charge in [0.25, 0.3) is 0 Å². The maximum atomic E-state index is 13.2. The van der Waals surface area contributed by atoms with Gasteiger partial charge in [-0.1, -0.05) is 0 Å². The topological polar surface area (TPSA) is 126 Å². The molecule has 3 heterocycles. The molecule has 0 radical (unpaired) electrons. The van der Waals surface area contributed by atoms with Crippen molar-refractivity contribution in [1.29, 1.82) is 0 Å². The second kappa shape index (κ2) is 6.61. The average Bonchev–Trinajstić information content (AvgIpc) is 3.04. The Bertz CT molecular complexity index is 686. The lowest BCUT2D eigenvalue weighted by atomic mass is 10.1. The van der Waals surface area contributed by atoms with Crippen LogP contribution >= 0.6 is 11.3 Å². The van der Waals surface area contributed by atoms with Crippen molar-refractivity contribution in [3.05, 3.63) is 11.1 Å². The van der Waals surface area contributed by atoms with Gasteiger partial charge in [0.1, 0.15) is 5.37 Å². The van der Waals surface area contributed by atoms with Crippen molar-refractivity contribution in [1.82, 2.24) is 14.9 Å². The number of carboxylic acid groups (broad SMARTS) is 1. The zero-order chi connectivity index (χ0) is 17.4. The van der Waals surface area contributed by atoms with E-state index >= 15 is 0 Å². The van der Waals surface area contributed by atoms with E-state index in [2.05, 4.69) is 9.82 Å². The van der Waals surface area contributed by atoms with Crippen molar-refractivity contribution >= 4 is 39.3 Å². The van der Waals surface area contributed by atoms with Crippen LogP contribution in [0.3, 0.4) is 0 Å². The van der Waals surface area contributed by atoms with E-state index in [-0.39, 0.29) is 12.3 Å². The molecule has 12 heteroatoms. The van der Waals surface area contributed by atoms with Gasteiger partial charge in [-0.15, -0.1) is 11.3 Å².